The average Bonchev–Trinajstić information content (AvgIpc) is 2.20. The molecule has 0 saturated heterocycles. The van der Waals surface area contributed by atoms with E-state index in [0.717, 1.165) is 12.2 Å². The fourth-order valence-electron chi connectivity index (χ4n) is 1.48. The Morgan fingerprint density at radius 3 is 2.38 bits per heavy atom. The van der Waals surface area contributed by atoms with E-state index in [9.17, 15) is 4.79 Å². The van der Waals surface area contributed by atoms with Crippen molar-refractivity contribution in [2.75, 3.05) is 37.8 Å². The Bertz CT molecular complexity index is 363. The van der Waals surface area contributed by atoms with Gasteiger partial charge in [0.25, 0.3) is 0 Å². The van der Waals surface area contributed by atoms with Crippen LogP contribution in [-0.4, -0.2) is 38.0 Å². The van der Waals surface area contributed by atoms with Crippen LogP contribution in [0.5, 0.6) is 0 Å². The van der Waals surface area contributed by atoms with Gasteiger partial charge >= 0.3 is 0 Å². The molecule has 0 aliphatic heterocycles. The number of carbonyl (C=O) groups is 1. The van der Waals surface area contributed by atoms with Crippen LogP contribution >= 0.6 is 0 Å². The van der Waals surface area contributed by atoms with Crippen LogP contribution in [0.3, 0.4) is 0 Å². The van der Waals surface area contributed by atoms with Crippen molar-refractivity contribution in [2.45, 2.75) is 6.92 Å². The van der Waals surface area contributed by atoms with Gasteiger partial charge in [-0.15, -0.1) is 0 Å². The molecule has 88 valence electrons. The second-order valence-electron chi connectivity index (χ2n) is 4.03. The first-order chi connectivity index (χ1) is 7.52. The number of amides is 1. The first kappa shape index (κ1) is 12.5. The molecule has 1 amide bonds. The number of nitrogens with zero attached hydrogens (tertiary/aromatic N) is 2. The van der Waals surface area contributed by atoms with Crippen LogP contribution < -0.4 is 10.6 Å². The normalized spacial score (nSPS) is 10.5. The van der Waals surface area contributed by atoms with Gasteiger partial charge < -0.3 is 15.5 Å². The number of para-hydroxylation sites is 2. The van der Waals surface area contributed by atoms with Gasteiger partial charge in [0, 0.05) is 20.0 Å². The average molecular weight is 221 g/mol. The van der Waals surface area contributed by atoms with Crippen LogP contribution in [0.4, 0.5) is 11.4 Å². The summed E-state index contributed by atoms with van der Waals surface area (Å²) in [5.41, 5.74) is 7.28. The van der Waals surface area contributed by atoms with Crippen molar-refractivity contribution in [3.63, 3.8) is 0 Å². The summed E-state index contributed by atoms with van der Waals surface area (Å²) in [6, 6.07) is 7.42. The second kappa shape index (κ2) is 5.51. The minimum atomic E-state index is 0.0137. The molecule has 1 aromatic carbocycles. The molecule has 4 nitrogen and oxygen atoms in total. The van der Waals surface area contributed by atoms with E-state index in [1.54, 1.807) is 17.9 Å². The van der Waals surface area contributed by atoms with Crippen molar-refractivity contribution in [1.29, 1.82) is 0 Å². The highest BCUT2D eigenvalue weighted by molar-refractivity contribution is 5.94. The molecule has 0 unspecified atom stereocenters. The predicted molar refractivity (Wildman–Crippen MR) is 67.4 cm³/mol. The number of likely N-dealkylation sites (N-methyl/N-ethyl adjacent to an activating group) is 1. The minimum Gasteiger partial charge on any atom is -0.397 e. The van der Waals surface area contributed by atoms with E-state index < -0.39 is 0 Å². The lowest BCUT2D eigenvalue weighted by Gasteiger charge is -2.24. The van der Waals surface area contributed by atoms with E-state index in [1.807, 2.05) is 37.2 Å². The number of anilines is 2. The third-order valence-corrected chi connectivity index (χ3v) is 2.38. The van der Waals surface area contributed by atoms with E-state index in [2.05, 4.69) is 0 Å². The quantitative estimate of drug-likeness (QED) is 0.777. The second-order valence-corrected chi connectivity index (χ2v) is 4.03. The van der Waals surface area contributed by atoms with Gasteiger partial charge in [0.15, 0.2) is 0 Å². The SMILES string of the molecule is CC(=O)N(CCN(C)C)c1ccccc1N. The summed E-state index contributed by atoms with van der Waals surface area (Å²) >= 11 is 0. The van der Waals surface area contributed by atoms with E-state index in [0.29, 0.717) is 12.2 Å². The van der Waals surface area contributed by atoms with Crippen LogP contribution in [0.15, 0.2) is 24.3 Å². The van der Waals surface area contributed by atoms with Crippen LogP contribution in [-0.2, 0) is 4.79 Å². The number of rotatable bonds is 4. The Labute approximate surface area is 96.6 Å². The molecule has 2 N–H and O–H groups in total. The van der Waals surface area contributed by atoms with Gasteiger partial charge in [-0.3, -0.25) is 4.79 Å². The van der Waals surface area contributed by atoms with E-state index in [1.165, 1.54) is 0 Å². The van der Waals surface area contributed by atoms with Gasteiger partial charge in [-0.1, -0.05) is 12.1 Å². The van der Waals surface area contributed by atoms with Gasteiger partial charge in [-0.2, -0.15) is 0 Å². The van der Waals surface area contributed by atoms with E-state index in [4.69, 9.17) is 5.73 Å². The third-order valence-electron chi connectivity index (χ3n) is 2.38. The summed E-state index contributed by atoms with van der Waals surface area (Å²) in [5.74, 6) is 0.0137. The van der Waals surface area contributed by atoms with E-state index >= 15 is 0 Å². The molecule has 4 heteroatoms. The van der Waals surface area contributed by atoms with Crippen molar-refractivity contribution < 1.29 is 4.79 Å². The number of hydrogen-bond donors (Lipinski definition) is 1. The molecule has 0 bridgehead atoms. The highest BCUT2D eigenvalue weighted by Gasteiger charge is 2.13. The van der Waals surface area contributed by atoms with Crippen LogP contribution in [0.1, 0.15) is 6.92 Å². The largest absolute Gasteiger partial charge is 0.397 e. The molecule has 0 saturated carbocycles. The van der Waals surface area contributed by atoms with Crippen molar-refractivity contribution in [1.82, 2.24) is 4.90 Å². The number of nitrogen functional groups attached to an aromatic ring is 1. The molecule has 1 aromatic rings. The summed E-state index contributed by atoms with van der Waals surface area (Å²) in [5, 5.41) is 0. The number of carbonyl (C=O) groups excluding carboxylic acids is 1. The molecule has 16 heavy (non-hydrogen) atoms. The van der Waals surface area contributed by atoms with E-state index in [-0.39, 0.29) is 5.91 Å². The van der Waals surface area contributed by atoms with Crippen molar-refractivity contribution in [2.24, 2.45) is 0 Å². The maximum Gasteiger partial charge on any atom is 0.223 e. The van der Waals surface area contributed by atoms with Gasteiger partial charge in [0.05, 0.1) is 11.4 Å². The molecule has 0 atom stereocenters. The Hall–Kier alpha value is -1.55. The third kappa shape index (κ3) is 3.24. The first-order valence-electron chi connectivity index (χ1n) is 5.29. The van der Waals surface area contributed by atoms with Gasteiger partial charge in [0.2, 0.25) is 5.91 Å². The monoisotopic (exact) mass is 221 g/mol. The molecule has 0 fully saturated rings. The van der Waals surface area contributed by atoms with Crippen molar-refractivity contribution in [3.8, 4) is 0 Å². The predicted octanol–water partition coefficient (Wildman–Crippen LogP) is 1.18. The fourth-order valence-corrected chi connectivity index (χ4v) is 1.48. The Kier molecular flexibility index (Phi) is 4.31. The zero-order valence-electron chi connectivity index (χ0n) is 10.1. The summed E-state index contributed by atoms with van der Waals surface area (Å²) in [7, 11) is 3.96. The summed E-state index contributed by atoms with van der Waals surface area (Å²) in [6.45, 7) is 3.02. The number of nitrogens with two attached hydrogens (primary N) is 1. The standard InChI is InChI=1S/C12H19N3O/c1-10(16)15(9-8-14(2)3)12-7-5-4-6-11(12)13/h4-7H,8-9,13H2,1-3H3. The molecule has 1 rings (SSSR count). The van der Waals surface area contributed by atoms with Gasteiger partial charge in [-0.05, 0) is 26.2 Å². The lowest BCUT2D eigenvalue weighted by atomic mass is 10.2. The smallest absolute Gasteiger partial charge is 0.223 e. The highest BCUT2D eigenvalue weighted by Crippen LogP contribution is 2.22. The number of hydrogen-bond acceptors (Lipinski definition) is 3. The van der Waals surface area contributed by atoms with Crippen LogP contribution in [0, 0.1) is 0 Å². The maximum atomic E-state index is 11.6. The van der Waals surface area contributed by atoms with Crippen molar-refractivity contribution >= 4 is 17.3 Å². The lowest BCUT2D eigenvalue weighted by molar-refractivity contribution is -0.116. The molecule has 0 aliphatic rings. The minimum absolute atomic E-state index is 0.0137. The molecule has 0 aliphatic carbocycles. The highest BCUT2D eigenvalue weighted by atomic mass is 16.2. The summed E-state index contributed by atoms with van der Waals surface area (Å²) < 4.78 is 0. The molecular formula is C12H19N3O. The van der Waals surface area contributed by atoms with Crippen molar-refractivity contribution in [3.05, 3.63) is 24.3 Å². The van der Waals surface area contributed by atoms with Crippen LogP contribution in [0.25, 0.3) is 0 Å². The summed E-state index contributed by atoms with van der Waals surface area (Å²) in [6.07, 6.45) is 0. The van der Waals surface area contributed by atoms with Gasteiger partial charge in [-0.25, -0.2) is 0 Å². The molecule has 0 heterocycles. The zero-order chi connectivity index (χ0) is 12.1. The Morgan fingerprint density at radius 1 is 1.25 bits per heavy atom. The van der Waals surface area contributed by atoms with Gasteiger partial charge in [0.1, 0.15) is 0 Å². The maximum absolute atomic E-state index is 11.6. The topological polar surface area (TPSA) is 49.6 Å². The van der Waals surface area contributed by atoms with Crippen LogP contribution in [0.2, 0.25) is 0 Å². The number of benzene rings is 1. The first-order valence-corrected chi connectivity index (χ1v) is 5.29. The molecule has 0 spiro atoms. The Balaban J connectivity index is 2.86. The Morgan fingerprint density at radius 2 is 1.88 bits per heavy atom. The zero-order valence-corrected chi connectivity index (χ0v) is 10.1. The molecular weight excluding hydrogens is 202 g/mol. The molecule has 0 aromatic heterocycles. The molecule has 0 radical (unpaired) electrons. The lowest BCUT2D eigenvalue weighted by Crippen LogP contribution is -2.35. The fraction of sp³-hybridized carbons (Fsp3) is 0.417. The summed E-state index contributed by atoms with van der Waals surface area (Å²) in [4.78, 5) is 15.3.